The SMILES string of the molecule is CCCCOCCCNC(=NC)NCc1cccnc1N1CCC(C(N)=O)CC1. The second kappa shape index (κ2) is 13.0. The van der Waals surface area contributed by atoms with E-state index in [1.54, 1.807) is 7.05 Å². The topological polar surface area (TPSA) is 105 Å². The molecule has 0 aromatic carbocycles. The fourth-order valence-corrected chi connectivity index (χ4v) is 3.36. The first kappa shape index (κ1) is 22.9. The van der Waals surface area contributed by atoms with Crippen LogP contribution in [0.4, 0.5) is 5.82 Å². The van der Waals surface area contributed by atoms with Crippen LogP contribution in [0.15, 0.2) is 23.3 Å². The Balaban J connectivity index is 1.79. The maximum absolute atomic E-state index is 11.4. The third-order valence-electron chi connectivity index (χ3n) is 5.13. The molecular weight excluding hydrogens is 368 g/mol. The zero-order chi connectivity index (χ0) is 20.9. The van der Waals surface area contributed by atoms with E-state index in [2.05, 4.69) is 38.5 Å². The fraction of sp³-hybridized carbons (Fsp3) is 0.667. The zero-order valence-electron chi connectivity index (χ0n) is 17.8. The van der Waals surface area contributed by atoms with E-state index >= 15 is 0 Å². The number of hydrogen-bond acceptors (Lipinski definition) is 5. The molecule has 0 bridgehead atoms. The van der Waals surface area contributed by atoms with Crippen molar-refractivity contribution in [2.24, 2.45) is 16.6 Å². The molecule has 8 nitrogen and oxygen atoms in total. The minimum absolute atomic E-state index is 0.0227. The van der Waals surface area contributed by atoms with Crippen LogP contribution in [0.5, 0.6) is 0 Å². The van der Waals surface area contributed by atoms with Gasteiger partial charge in [-0.1, -0.05) is 19.4 Å². The van der Waals surface area contributed by atoms with Crippen molar-refractivity contribution in [1.29, 1.82) is 0 Å². The van der Waals surface area contributed by atoms with Crippen molar-refractivity contribution in [2.75, 3.05) is 44.8 Å². The average molecular weight is 405 g/mol. The largest absolute Gasteiger partial charge is 0.381 e. The molecule has 4 N–H and O–H groups in total. The molecule has 0 atom stereocenters. The highest BCUT2D eigenvalue weighted by Gasteiger charge is 2.24. The highest BCUT2D eigenvalue weighted by atomic mass is 16.5. The fourth-order valence-electron chi connectivity index (χ4n) is 3.36. The third-order valence-corrected chi connectivity index (χ3v) is 5.13. The van der Waals surface area contributed by atoms with Gasteiger partial charge in [0.05, 0.1) is 0 Å². The zero-order valence-corrected chi connectivity index (χ0v) is 17.8. The van der Waals surface area contributed by atoms with Crippen molar-refractivity contribution in [1.82, 2.24) is 15.6 Å². The standard InChI is InChI=1S/C21H36N6O2/c1-3-4-14-29-15-6-11-25-21(23-2)26-16-18-7-5-10-24-20(18)27-12-8-17(9-13-27)19(22)28/h5,7,10,17H,3-4,6,8-9,11-16H2,1-2H3,(H2,22,28)(H2,23,25,26). The molecule has 0 spiro atoms. The van der Waals surface area contributed by atoms with Gasteiger partial charge in [-0.3, -0.25) is 9.79 Å². The van der Waals surface area contributed by atoms with Gasteiger partial charge < -0.3 is 26.0 Å². The van der Waals surface area contributed by atoms with E-state index in [4.69, 9.17) is 10.5 Å². The van der Waals surface area contributed by atoms with Crippen molar-refractivity contribution in [2.45, 2.75) is 45.6 Å². The van der Waals surface area contributed by atoms with E-state index in [1.165, 1.54) is 0 Å². The number of nitrogens with two attached hydrogens (primary N) is 1. The Morgan fingerprint density at radius 2 is 2.07 bits per heavy atom. The van der Waals surface area contributed by atoms with E-state index in [0.29, 0.717) is 6.54 Å². The van der Waals surface area contributed by atoms with E-state index in [0.717, 1.165) is 82.3 Å². The van der Waals surface area contributed by atoms with Crippen LogP contribution in [0.1, 0.15) is 44.6 Å². The van der Waals surface area contributed by atoms with Crippen molar-refractivity contribution in [3.05, 3.63) is 23.9 Å². The van der Waals surface area contributed by atoms with Crippen LogP contribution < -0.4 is 21.3 Å². The minimum atomic E-state index is -0.196. The van der Waals surface area contributed by atoms with Gasteiger partial charge in [-0.15, -0.1) is 0 Å². The van der Waals surface area contributed by atoms with Crippen LogP contribution in [-0.4, -0.2) is 56.7 Å². The van der Waals surface area contributed by atoms with E-state index in [9.17, 15) is 4.79 Å². The van der Waals surface area contributed by atoms with Gasteiger partial charge in [0, 0.05) is 64.1 Å². The molecule has 29 heavy (non-hydrogen) atoms. The summed E-state index contributed by atoms with van der Waals surface area (Å²) in [6.45, 7) is 6.79. The van der Waals surface area contributed by atoms with Gasteiger partial charge in [-0.05, 0) is 31.7 Å². The number of guanidine groups is 1. The molecule has 2 heterocycles. The van der Waals surface area contributed by atoms with Crippen LogP contribution in [0.25, 0.3) is 0 Å². The number of carbonyl (C=O) groups excluding carboxylic acids is 1. The number of aliphatic imine (C=N–C) groups is 1. The van der Waals surface area contributed by atoms with Crippen LogP contribution in [0.2, 0.25) is 0 Å². The number of amides is 1. The first-order valence-electron chi connectivity index (χ1n) is 10.7. The first-order valence-corrected chi connectivity index (χ1v) is 10.7. The molecule has 1 amide bonds. The average Bonchev–Trinajstić information content (AvgIpc) is 2.75. The Kier molecular flexibility index (Phi) is 10.3. The molecule has 1 aliphatic rings. The number of rotatable bonds is 11. The molecule has 0 radical (unpaired) electrons. The molecule has 0 aliphatic carbocycles. The monoisotopic (exact) mass is 404 g/mol. The predicted molar refractivity (Wildman–Crippen MR) is 117 cm³/mol. The van der Waals surface area contributed by atoms with Crippen LogP contribution in [-0.2, 0) is 16.1 Å². The summed E-state index contributed by atoms with van der Waals surface area (Å²) >= 11 is 0. The summed E-state index contributed by atoms with van der Waals surface area (Å²) in [4.78, 5) is 22.5. The molecule has 0 unspecified atom stereocenters. The van der Waals surface area contributed by atoms with Crippen molar-refractivity contribution < 1.29 is 9.53 Å². The molecular formula is C21H36N6O2. The summed E-state index contributed by atoms with van der Waals surface area (Å²) in [5, 5.41) is 6.68. The van der Waals surface area contributed by atoms with Crippen molar-refractivity contribution >= 4 is 17.7 Å². The Labute approximate surface area is 174 Å². The minimum Gasteiger partial charge on any atom is -0.381 e. The highest BCUT2D eigenvalue weighted by molar-refractivity contribution is 5.79. The lowest BCUT2D eigenvalue weighted by molar-refractivity contribution is -0.122. The lowest BCUT2D eigenvalue weighted by Crippen LogP contribution is -2.40. The number of pyridine rings is 1. The number of primary amides is 1. The van der Waals surface area contributed by atoms with Gasteiger partial charge in [0.15, 0.2) is 5.96 Å². The van der Waals surface area contributed by atoms with Gasteiger partial charge >= 0.3 is 0 Å². The molecule has 162 valence electrons. The molecule has 1 aromatic rings. The van der Waals surface area contributed by atoms with Crippen LogP contribution >= 0.6 is 0 Å². The number of nitrogens with one attached hydrogen (secondary N) is 2. The summed E-state index contributed by atoms with van der Waals surface area (Å²) in [6, 6.07) is 4.02. The van der Waals surface area contributed by atoms with Gasteiger partial charge in [0.25, 0.3) is 0 Å². The summed E-state index contributed by atoms with van der Waals surface area (Å²) in [5.41, 5.74) is 6.55. The van der Waals surface area contributed by atoms with E-state index in [-0.39, 0.29) is 11.8 Å². The highest BCUT2D eigenvalue weighted by Crippen LogP contribution is 2.24. The third kappa shape index (κ3) is 7.89. The lowest BCUT2D eigenvalue weighted by atomic mass is 9.96. The summed E-state index contributed by atoms with van der Waals surface area (Å²) in [7, 11) is 1.77. The van der Waals surface area contributed by atoms with E-state index in [1.807, 2.05) is 12.3 Å². The normalized spacial score (nSPS) is 15.4. The predicted octanol–water partition coefficient (Wildman–Crippen LogP) is 1.66. The molecule has 8 heteroatoms. The number of unbranched alkanes of at least 4 members (excludes halogenated alkanes) is 1. The molecule has 1 fully saturated rings. The Hall–Kier alpha value is -2.35. The van der Waals surface area contributed by atoms with E-state index < -0.39 is 0 Å². The van der Waals surface area contributed by atoms with Crippen LogP contribution in [0.3, 0.4) is 0 Å². The number of hydrogen-bond donors (Lipinski definition) is 3. The summed E-state index contributed by atoms with van der Waals surface area (Å²) < 4.78 is 5.58. The second-order valence-electron chi connectivity index (χ2n) is 7.32. The Bertz CT molecular complexity index is 644. The number of ether oxygens (including phenoxy) is 1. The molecule has 2 rings (SSSR count). The second-order valence-corrected chi connectivity index (χ2v) is 7.32. The first-order chi connectivity index (χ1) is 14.2. The number of piperidine rings is 1. The Morgan fingerprint density at radius 1 is 1.31 bits per heavy atom. The van der Waals surface area contributed by atoms with Crippen molar-refractivity contribution in [3.63, 3.8) is 0 Å². The molecule has 1 aromatic heterocycles. The lowest BCUT2D eigenvalue weighted by Gasteiger charge is -2.32. The van der Waals surface area contributed by atoms with Crippen molar-refractivity contribution in [3.8, 4) is 0 Å². The number of carbonyl (C=O) groups is 1. The van der Waals surface area contributed by atoms with Crippen LogP contribution in [0, 0.1) is 5.92 Å². The molecule has 0 saturated carbocycles. The summed E-state index contributed by atoms with van der Waals surface area (Å²) in [6.07, 6.45) is 6.59. The number of aromatic nitrogens is 1. The quantitative estimate of drug-likeness (QED) is 0.294. The number of anilines is 1. The maximum Gasteiger partial charge on any atom is 0.220 e. The van der Waals surface area contributed by atoms with Gasteiger partial charge in [-0.25, -0.2) is 4.98 Å². The molecule has 1 saturated heterocycles. The van der Waals surface area contributed by atoms with Gasteiger partial charge in [-0.2, -0.15) is 0 Å². The summed E-state index contributed by atoms with van der Waals surface area (Å²) in [5.74, 6) is 1.51. The smallest absolute Gasteiger partial charge is 0.220 e. The Morgan fingerprint density at radius 3 is 2.76 bits per heavy atom. The van der Waals surface area contributed by atoms with Gasteiger partial charge in [0.1, 0.15) is 5.82 Å². The molecule has 1 aliphatic heterocycles. The maximum atomic E-state index is 11.4. The van der Waals surface area contributed by atoms with Gasteiger partial charge in [0.2, 0.25) is 5.91 Å². The number of nitrogens with zero attached hydrogens (tertiary/aromatic N) is 3.